The van der Waals surface area contributed by atoms with E-state index in [0.29, 0.717) is 71.5 Å². The summed E-state index contributed by atoms with van der Waals surface area (Å²) in [6, 6.07) is 16.0. The van der Waals surface area contributed by atoms with E-state index in [2.05, 4.69) is 64.4 Å². The lowest BCUT2D eigenvalue weighted by Gasteiger charge is -2.43. The zero-order valence-corrected chi connectivity index (χ0v) is 41.4. The number of rotatable bonds is 16. The van der Waals surface area contributed by atoms with Crippen molar-refractivity contribution in [3.05, 3.63) is 94.9 Å². The van der Waals surface area contributed by atoms with Crippen LogP contribution in [0.4, 0.5) is 38.9 Å². The molecule has 1 atom stereocenters. The normalized spacial score (nSPS) is 17.9. The van der Waals surface area contributed by atoms with Crippen molar-refractivity contribution in [2.75, 3.05) is 87.1 Å². The Bertz CT molecular complexity index is 2780. The summed E-state index contributed by atoms with van der Waals surface area (Å²) in [5.41, 5.74) is 4.31. The minimum Gasteiger partial charge on any atom is -0.494 e. The topological polar surface area (TPSA) is 181 Å². The molecule has 1 aromatic heterocycles. The van der Waals surface area contributed by atoms with Crippen LogP contribution in [-0.4, -0.2) is 127 Å². The first-order valence-corrected chi connectivity index (χ1v) is 26.7. The lowest BCUT2D eigenvalue weighted by atomic mass is 10.0. The molecule has 0 bridgehead atoms. The van der Waals surface area contributed by atoms with Gasteiger partial charge in [-0.1, -0.05) is 54.6 Å². The lowest BCUT2D eigenvalue weighted by molar-refractivity contribution is -0.137. The number of amides is 4. The summed E-state index contributed by atoms with van der Waals surface area (Å²) in [5.74, 6) is 4.50. The van der Waals surface area contributed by atoms with Crippen LogP contribution in [0, 0.1) is 11.8 Å². The summed E-state index contributed by atoms with van der Waals surface area (Å²) in [6.07, 6.45) is 7.71. The van der Waals surface area contributed by atoms with Crippen molar-refractivity contribution in [3.8, 4) is 17.6 Å². The molecule has 70 heavy (non-hydrogen) atoms. The van der Waals surface area contributed by atoms with Gasteiger partial charge in [-0.25, -0.2) is 9.37 Å². The highest BCUT2D eigenvalue weighted by Crippen LogP contribution is 2.41. The molecule has 4 aliphatic rings. The fraction of sp³-hybridized carbons (Fsp3) is 0.412. The largest absolute Gasteiger partial charge is 0.494 e. The molecule has 8 rings (SSSR count). The molecule has 4 N–H and O–H groups in total. The monoisotopic (exact) mass is 992 g/mol. The van der Waals surface area contributed by atoms with E-state index in [1.807, 2.05) is 30.3 Å². The van der Waals surface area contributed by atoms with Crippen LogP contribution in [0.2, 0.25) is 5.02 Å². The molecule has 3 saturated heterocycles. The highest BCUT2D eigenvalue weighted by molar-refractivity contribution is 7.70. The Balaban J connectivity index is 0.812. The van der Waals surface area contributed by atoms with E-state index in [1.54, 1.807) is 49.6 Å². The average molecular weight is 994 g/mol. The molecular weight excluding hydrogens is 934 g/mol. The second kappa shape index (κ2) is 22.2. The van der Waals surface area contributed by atoms with Gasteiger partial charge in [-0.3, -0.25) is 29.4 Å². The number of benzene rings is 3. The number of carbonyl (C=O) groups is 4. The quantitative estimate of drug-likeness (QED) is 0.0290. The number of hydrogen-bond donors (Lipinski definition) is 4. The second-order valence-corrected chi connectivity index (χ2v) is 22.0. The molecule has 1 unspecified atom stereocenters. The van der Waals surface area contributed by atoms with Gasteiger partial charge in [-0.05, 0) is 87.9 Å². The first-order chi connectivity index (χ1) is 33.7. The van der Waals surface area contributed by atoms with E-state index < -0.39 is 30.8 Å². The molecule has 4 amide bonds. The first-order valence-electron chi connectivity index (χ1n) is 23.7. The number of piperidine rings is 2. The molecule has 16 nitrogen and oxygen atoms in total. The third kappa shape index (κ3) is 11.8. The first kappa shape index (κ1) is 50.1. The molecule has 5 heterocycles. The summed E-state index contributed by atoms with van der Waals surface area (Å²) < 4.78 is 33.0. The maximum atomic E-state index is 14.1. The Hall–Kier alpha value is -6.31. The third-order valence-electron chi connectivity index (χ3n) is 13.3. The fourth-order valence-corrected chi connectivity index (χ4v) is 10.9. The number of fused-ring (bicyclic) bond motifs is 1. The maximum absolute atomic E-state index is 14.1. The van der Waals surface area contributed by atoms with Gasteiger partial charge >= 0.3 is 0 Å². The highest BCUT2D eigenvalue weighted by Gasteiger charge is 2.40. The zero-order chi connectivity index (χ0) is 49.5. The fourth-order valence-electron chi connectivity index (χ4n) is 9.61. The van der Waals surface area contributed by atoms with Gasteiger partial charge in [0.1, 0.15) is 24.0 Å². The van der Waals surface area contributed by atoms with Crippen LogP contribution in [0.1, 0.15) is 72.9 Å². The number of para-hydroxylation sites is 1. The van der Waals surface area contributed by atoms with Crippen molar-refractivity contribution < 1.29 is 32.9 Å². The molecule has 0 radical (unpaired) electrons. The summed E-state index contributed by atoms with van der Waals surface area (Å²) in [7, 11) is -1.10. The van der Waals surface area contributed by atoms with Crippen molar-refractivity contribution in [2.24, 2.45) is 0 Å². The van der Waals surface area contributed by atoms with Crippen molar-refractivity contribution in [1.82, 2.24) is 30.0 Å². The molecule has 4 aromatic rings. The van der Waals surface area contributed by atoms with Crippen molar-refractivity contribution in [1.29, 1.82) is 0 Å². The number of halogens is 2. The molecule has 3 aromatic carbocycles. The summed E-state index contributed by atoms with van der Waals surface area (Å²) in [6.45, 7) is 13.4. The molecule has 4 aliphatic heterocycles. The van der Waals surface area contributed by atoms with Gasteiger partial charge in [0.25, 0.3) is 11.8 Å². The Morgan fingerprint density at radius 3 is 2.46 bits per heavy atom. The van der Waals surface area contributed by atoms with E-state index in [-0.39, 0.29) is 35.0 Å². The molecule has 0 aliphatic carbocycles. The number of ether oxygens (including phenoxy) is 1. The summed E-state index contributed by atoms with van der Waals surface area (Å²) >= 11 is 6.51. The molecule has 3 fully saturated rings. The SMILES string of the molecule is C=C(F)C(=O)Nc1cc(Nc2ncc(Cl)c(Nc3ccccc3P(C)(C)=O)n2)c(OC)cc1N1CCC(N2CCN(CCCCCC#Cc3cccc4c3CN(C3CCC(=O)NC3=O)C4=O)CC2)CC1. The van der Waals surface area contributed by atoms with Gasteiger partial charge in [0.15, 0.2) is 11.6 Å². The number of carbonyl (C=O) groups excluding carboxylic acids is 4. The molecular formula is C51H59ClFN10O6P. The van der Waals surface area contributed by atoms with Crippen LogP contribution in [0.3, 0.4) is 0 Å². The number of hydrogen-bond acceptors (Lipinski definition) is 13. The Kier molecular flexibility index (Phi) is 15.9. The number of unbranched alkanes of at least 4 members (excludes halogenated alkanes) is 3. The van der Waals surface area contributed by atoms with E-state index in [4.69, 9.17) is 16.3 Å². The van der Waals surface area contributed by atoms with Crippen molar-refractivity contribution in [3.63, 3.8) is 0 Å². The van der Waals surface area contributed by atoms with Crippen molar-refractivity contribution in [2.45, 2.75) is 70.0 Å². The standard InChI is InChI=1S/C51H59ClFN10O6P/c1-33(53)48(65)56-40-29-41(57-51-54-31-38(52)47(59-51)55-39-16-9-10-17-45(39)70(3,4)68)44(69-2)30-43(40)62-23-20-35(21-24-62)61-27-25-60(26-28-61)22-11-7-5-6-8-13-34-14-12-15-36-37(34)32-63(50(36)67)42-18-19-46(64)58-49(42)66/h9-10,12,14-17,29-31,35,42H,1,5-7,11,18-28,32H2,2-4H3,(H,56,65)(H,58,64,66)(H2,54,55,57,59). The molecule has 0 spiro atoms. The van der Waals surface area contributed by atoms with Crippen molar-refractivity contribution >= 4 is 82.2 Å². The third-order valence-corrected chi connectivity index (χ3v) is 15.2. The van der Waals surface area contributed by atoms with Gasteiger partial charge < -0.3 is 40.0 Å². The smallest absolute Gasteiger partial charge is 0.283 e. The van der Waals surface area contributed by atoms with Crippen LogP contribution in [0.15, 0.2) is 73.2 Å². The zero-order valence-electron chi connectivity index (χ0n) is 39.8. The summed E-state index contributed by atoms with van der Waals surface area (Å²) in [5, 5.41) is 12.3. The number of aromatic nitrogens is 2. The minimum absolute atomic E-state index is 0.165. The minimum atomic E-state index is -2.64. The van der Waals surface area contributed by atoms with Gasteiger partial charge in [0, 0.05) is 87.2 Å². The van der Waals surface area contributed by atoms with E-state index >= 15 is 0 Å². The predicted octanol–water partition coefficient (Wildman–Crippen LogP) is 7.26. The second-order valence-electron chi connectivity index (χ2n) is 18.4. The van der Waals surface area contributed by atoms with Crippen LogP contribution in [0.25, 0.3) is 0 Å². The van der Waals surface area contributed by atoms with E-state index in [0.717, 1.165) is 82.4 Å². The van der Waals surface area contributed by atoms with Crippen LogP contribution < -0.4 is 36.2 Å². The molecule has 0 saturated carbocycles. The number of imide groups is 1. The van der Waals surface area contributed by atoms with Gasteiger partial charge in [0.2, 0.25) is 17.8 Å². The van der Waals surface area contributed by atoms with E-state index in [9.17, 15) is 28.1 Å². The number of nitrogens with zero attached hydrogens (tertiary/aromatic N) is 6. The van der Waals surface area contributed by atoms with Crippen LogP contribution >= 0.6 is 18.7 Å². The van der Waals surface area contributed by atoms with Gasteiger partial charge in [-0.15, -0.1) is 0 Å². The number of piperazine rings is 1. The molecule has 368 valence electrons. The Labute approximate surface area is 413 Å². The molecule has 19 heteroatoms. The number of methoxy groups -OCH3 is 1. The maximum Gasteiger partial charge on any atom is 0.283 e. The van der Waals surface area contributed by atoms with Gasteiger partial charge in [0.05, 0.1) is 36.1 Å². The number of nitrogens with one attached hydrogen (secondary N) is 4. The Morgan fingerprint density at radius 1 is 0.957 bits per heavy atom. The van der Waals surface area contributed by atoms with Crippen LogP contribution in [-0.2, 0) is 25.5 Å². The Morgan fingerprint density at radius 2 is 1.73 bits per heavy atom. The lowest BCUT2D eigenvalue weighted by Crippen LogP contribution is -2.53. The predicted molar refractivity (Wildman–Crippen MR) is 272 cm³/mol. The number of anilines is 6. The van der Waals surface area contributed by atoms with E-state index in [1.165, 1.54) is 6.20 Å². The summed E-state index contributed by atoms with van der Waals surface area (Å²) in [4.78, 5) is 67.8. The van der Waals surface area contributed by atoms with Gasteiger partial charge in [-0.2, -0.15) is 4.98 Å². The highest BCUT2D eigenvalue weighted by atomic mass is 35.5. The average Bonchev–Trinajstić information content (AvgIpc) is 3.68. The van der Waals surface area contributed by atoms with Crippen LogP contribution in [0.5, 0.6) is 5.75 Å².